The van der Waals surface area contributed by atoms with E-state index in [1.165, 1.54) is 11.8 Å². The maximum Gasteiger partial charge on any atom is 0.240 e. The lowest BCUT2D eigenvalue weighted by molar-refractivity contribution is -0.122. The van der Waals surface area contributed by atoms with Gasteiger partial charge in [0.1, 0.15) is 5.25 Å². The summed E-state index contributed by atoms with van der Waals surface area (Å²) in [6, 6.07) is 5.69. The summed E-state index contributed by atoms with van der Waals surface area (Å²) in [5.74, 6) is -0.360. The second kappa shape index (κ2) is 6.30. The molecule has 1 unspecified atom stereocenters. The summed E-state index contributed by atoms with van der Waals surface area (Å²) in [5.41, 5.74) is 1.59. The fourth-order valence-corrected chi connectivity index (χ4v) is 3.24. The van der Waals surface area contributed by atoms with Gasteiger partial charge < -0.3 is 10.6 Å². The van der Waals surface area contributed by atoms with Gasteiger partial charge in [0, 0.05) is 17.1 Å². The molecule has 1 aromatic rings. The van der Waals surface area contributed by atoms with Gasteiger partial charge in [0.05, 0.1) is 6.04 Å². The van der Waals surface area contributed by atoms with E-state index >= 15 is 0 Å². The molecule has 22 heavy (non-hydrogen) atoms. The smallest absolute Gasteiger partial charge is 0.240 e. The molecule has 0 spiro atoms. The molecule has 1 aliphatic heterocycles. The monoisotopic (exact) mass is 337 g/mol. The van der Waals surface area contributed by atoms with E-state index in [2.05, 4.69) is 15.6 Å². The number of aliphatic imine (C=N–C) groups is 1. The highest BCUT2D eigenvalue weighted by Crippen LogP contribution is 2.29. The van der Waals surface area contributed by atoms with E-state index in [0.29, 0.717) is 21.9 Å². The van der Waals surface area contributed by atoms with Crippen LogP contribution >= 0.6 is 23.4 Å². The summed E-state index contributed by atoms with van der Waals surface area (Å²) in [6.07, 6.45) is 2.28. The minimum absolute atomic E-state index is 0.117. The van der Waals surface area contributed by atoms with E-state index in [0.717, 1.165) is 18.4 Å². The maximum absolute atomic E-state index is 12.1. The highest BCUT2D eigenvalue weighted by molar-refractivity contribution is 8.15. The van der Waals surface area contributed by atoms with Crippen LogP contribution in [0.15, 0.2) is 23.2 Å². The van der Waals surface area contributed by atoms with Gasteiger partial charge in [-0.25, -0.2) is 0 Å². The molecule has 0 aromatic heterocycles. The number of rotatable bonds is 4. The number of amidine groups is 1. The summed E-state index contributed by atoms with van der Waals surface area (Å²) < 4.78 is 0. The van der Waals surface area contributed by atoms with E-state index in [1.807, 2.05) is 13.0 Å². The fourth-order valence-electron chi connectivity index (χ4n) is 2.02. The van der Waals surface area contributed by atoms with E-state index in [4.69, 9.17) is 11.6 Å². The minimum Gasteiger partial charge on any atom is -0.326 e. The zero-order valence-electron chi connectivity index (χ0n) is 12.1. The SMILES string of the molecule is Cc1ccc(NC(=O)CC2SC(=NC3CC3)NC2=O)cc1Cl. The van der Waals surface area contributed by atoms with E-state index in [9.17, 15) is 9.59 Å². The molecule has 0 radical (unpaired) electrons. The number of thioether (sulfide) groups is 1. The first-order valence-electron chi connectivity index (χ1n) is 7.12. The van der Waals surface area contributed by atoms with Crippen molar-refractivity contribution in [2.75, 3.05) is 5.32 Å². The van der Waals surface area contributed by atoms with Crippen LogP contribution in [0.1, 0.15) is 24.8 Å². The Kier molecular flexibility index (Phi) is 4.40. The number of amides is 2. The number of aryl methyl sites for hydroxylation is 1. The molecule has 2 N–H and O–H groups in total. The average Bonchev–Trinajstić information content (AvgIpc) is 3.19. The summed E-state index contributed by atoms with van der Waals surface area (Å²) in [5, 5.41) is 6.33. The van der Waals surface area contributed by atoms with Crippen molar-refractivity contribution in [2.24, 2.45) is 4.99 Å². The number of benzene rings is 1. The Hall–Kier alpha value is -1.53. The van der Waals surface area contributed by atoms with Crippen molar-refractivity contribution in [3.05, 3.63) is 28.8 Å². The quantitative estimate of drug-likeness (QED) is 0.887. The van der Waals surface area contributed by atoms with Crippen LogP contribution < -0.4 is 10.6 Å². The molecule has 2 amide bonds. The zero-order chi connectivity index (χ0) is 15.7. The molecule has 0 bridgehead atoms. The molecular formula is C15H16ClN3O2S. The first-order valence-corrected chi connectivity index (χ1v) is 8.38. The Bertz CT molecular complexity index is 658. The third-order valence-corrected chi connectivity index (χ3v) is 4.95. The first-order chi connectivity index (χ1) is 10.5. The van der Waals surface area contributed by atoms with Gasteiger partial charge in [0.25, 0.3) is 0 Å². The van der Waals surface area contributed by atoms with Gasteiger partial charge >= 0.3 is 0 Å². The Balaban J connectivity index is 1.57. The highest BCUT2D eigenvalue weighted by atomic mass is 35.5. The van der Waals surface area contributed by atoms with Crippen LogP contribution in [0.25, 0.3) is 0 Å². The predicted octanol–water partition coefficient (Wildman–Crippen LogP) is 2.73. The fraction of sp³-hybridized carbons (Fsp3) is 0.400. The van der Waals surface area contributed by atoms with Gasteiger partial charge in [-0.15, -0.1) is 0 Å². The standard InChI is InChI=1S/C15H16ClN3O2S/c1-8-2-3-10(6-11(8)16)17-13(20)7-12-14(21)19-15(22-12)18-9-4-5-9/h2-3,6,9,12H,4-5,7H2,1H3,(H,17,20)(H,18,19,21). The summed E-state index contributed by atoms with van der Waals surface area (Å²) in [6.45, 7) is 1.90. The number of nitrogens with zero attached hydrogens (tertiary/aromatic N) is 1. The van der Waals surface area contributed by atoms with Gasteiger partial charge in [-0.1, -0.05) is 29.4 Å². The molecule has 3 rings (SSSR count). The van der Waals surface area contributed by atoms with Crippen molar-refractivity contribution in [3.63, 3.8) is 0 Å². The van der Waals surface area contributed by atoms with Crippen molar-refractivity contribution in [1.82, 2.24) is 5.32 Å². The van der Waals surface area contributed by atoms with Crippen molar-refractivity contribution in [2.45, 2.75) is 37.5 Å². The minimum atomic E-state index is -0.418. The topological polar surface area (TPSA) is 70.6 Å². The molecule has 7 heteroatoms. The Morgan fingerprint density at radius 2 is 2.27 bits per heavy atom. The van der Waals surface area contributed by atoms with Crippen LogP contribution in [-0.2, 0) is 9.59 Å². The highest BCUT2D eigenvalue weighted by Gasteiger charge is 2.33. The lowest BCUT2D eigenvalue weighted by Crippen LogP contribution is -2.28. The Morgan fingerprint density at radius 1 is 1.50 bits per heavy atom. The van der Waals surface area contributed by atoms with E-state index < -0.39 is 5.25 Å². The predicted molar refractivity (Wildman–Crippen MR) is 89.4 cm³/mol. The van der Waals surface area contributed by atoms with Gasteiger partial charge in [-0.05, 0) is 37.5 Å². The number of anilines is 1. The number of nitrogens with one attached hydrogen (secondary N) is 2. The van der Waals surface area contributed by atoms with Crippen LogP contribution in [0.5, 0.6) is 0 Å². The molecule has 1 saturated heterocycles. The number of carbonyl (C=O) groups excluding carboxylic acids is 2. The summed E-state index contributed by atoms with van der Waals surface area (Å²) in [7, 11) is 0. The third kappa shape index (κ3) is 3.81. The average molecular weight is 338 g/mol. The largest absolute Gasteiger partial charge is 0.326 e. The van der Waals surface area contributed by atoms with Crippen LogP contribution in [0.3, 0.4) is 0 Å². The molecule has 2 aliphatic rings. The van der Waals surface area contributed by atoms with Crippen LogP contribution in [-0.4, -0.2) is 28.3 Å². The number of carbonyl (C=O) groups is 2. The van der Waals surface area contributed by atoms with Crippen molar-refractivity contribution in [1.29, 1.82) is 0 Å². The number of hydrogen-bond donors (Lipinski definition) is 2. The first kappa shape index (κ1) is 15.4. The number of halogens is 1. The molecule has 1 aromatic carbocycles. The van der Waals surface area contributed by atoms with Gasteiger partial charge in [-0.2, -0.15) is 0 Å². The zero-order valence-corrected chi connectivity index (χ0v) is 13.6. The van der Waals surface area contributed by atoms with Gasteiger partial charge in [0.2, 0.25) is 11.8 Å². The van der Waals surface area contributed by atoms with E-state index in [1.54, 1.807) is 12.1 Å². The lowest BCUT2D eigenvalue weighted by atomic mass is 10.2. The molecule has 1 heterocycles. The van der Waals surface area contributed by atoms with Gasteiger partial charge in [-0.3, -0.25) is 14.6 Å². The lowest BCUT2D eigenvalue weighted by Gasteiger charge is -2.08. The molecule has 1 saturated carbocycles. The third-order valence-electron chi connectivity index (χ3n) is 3.45. The molecule has 1 atom stereocenters. The molecule has 5 nitrogen and oxygen atoms in total. The molecule has 1 aliphatic carbocycles. The molecular weight excluding hydrogens is 322 g/mol. The normalized spacial score (nSPS) is 22.7. The van der Waals surface area contributed by atoms with Crippen LogP contribution in [0.4, 0.5) is 5.69 Å². The second-order valence-corrected chi connectivity index (χ2v) is 7.08. The summed E-state index contributed by atoms with van der Waals surface area (Å²) >= 11 is 7.36. The Labute approximate surface area is 137 Å². The van der Waals surface area contributed by atoms with Crippen molar-refractivity contribution >= 4 is 46.0 Å². The maximum atomic E-state index is 12.1. The Morgan fingerprint density at radius 3 is 2.95 bits per heavy atom. The van der Waals surface area contributed by atoms with Crippen LogP contribution in [0.2, 0.25) is 5.02 Å². The second-order valence-electron chi connectivity index (χ2n) is 5.48. The molecule has 2 fully saturated rings. The van der Waals surface area contributed by atoms with Crippen molar-refractivity contribution in [3.8, 4) is 0 Å². The molecule has 116 valence electrons. The van der Waals surface area contributed by atoms with Gasteiger partial charge in [0.15, 0.2) is 5.17 Å². The summed E-state index contributed by atoms with van der Waals surface area (Å²) in [4.78, 5) is 28.3. The van der Waals surface area contributed by atoms with Crippen LogP contribution in [0, 0.1) is 6.92 Å². The number of hydrogen-bond acceptors (Lipinski definition) is 4. The van der Waals surface area contributed by atoms with E-state index in [-0.39, 0.29) is 18.2 Å². The van der Waals surface area contributed by atoms with Crippen molar-refractivity contribution < 1.29 is 9.59 Å².